The lowest BCUT2D eigenvalue weighted by molar-refractivity contribution is 0.132. The summed E-state index contributed by atoms with van der Waals surface area (Å²) in [6.45, 7) is -0.333. The first kappa shape index (κ1) is 19.2. The summed E-state index contributed by atoms with van der Waals surface area (Å²) < 4.78 is 23.6. The van der Waals surface area contributed by atoms with Gasteiger partial charge in [-0.2, -0.15) is 0 Å². The molecule has 0 aliphatic heterocycles. The second-order valence-corrected chi connectivity index (χ2v) is 5.48. The summed E-state index contributed by atoms with van der Waals surface area (Å²) in [6.07, 6.45) is -2.89. The Morgan fingerprint density at radius 2 is 1.15 bits per heavy atom. The van der Waals surface area contributed by atoms with Gasteiger partial charge in [-0.1, -0.05) is 60.7 Å². The summed E-state index contributed by atoms with van der Waals surface area (Å²) in [5.41, 5.74) is 1.67. The first-order chi connectivity index (χ1) is 12.6. The molecule has 2 aromatic carbocycles. The third kappa shape index (κ3) is 7.65. The van der Waals surface area contributed by atoms with Crippen molar-refractivity contribution in [1.29, 1.82) is 0 Å². The number of amides is 2. The first-order valence-corrected chi connectivity index (χ1v) is 8.16. The molecule has 2 N–H and O–H groups in total. The van der Waals surface area contributed by atoms with Gasteiger partial charge in [-0.25, -0.2) is 14.0 Å². The molecule has 0 saturated heterocycles. The lowest BCUT2D eigenvalue weighted by atomic mass is 10.2. The van der Waals surface area contributed by atoms with Crippen molar-refractivity contribution in [2.45, 2.75) is 19.4 Å². The molecule has 0 aromatic heterocycles. The maximum Gasteiger partial charge on any atom is 0.407 e. The molecule has 0 bridgehead atoms. The second-order valence-electron chi connectivity index (χ2n) is 5.48. The van der Waals surface area contributed by atoms with Crippen molar-refractivity contribution in [3.63, 3.8) is 0 Å². The summed E-state index contributed by atoms with van der Waals surface area (Å²) >= 11 is 0. The van der Waals surface area contributed by atoms with Gasteiger partial charge in [0, 0.05) is 0 Å². The summed E-state index contributed by atoms with van der Waals surface area (Å²) in [7, 11) is 0. The fourth-order valence-corrected chi connectivity index (χ4v) is 2.01. The van der Waals surface area contributed by atoms with E-state index in [4.69, 9.17) is 9.47 Å². The molecule has 2 rings (SSSR count). The van der Waals surface area contributed by atoms with Crippen LogP contribution in [0.5, 0.6) is 0 Å². The molecular formula is C19H21FN2O4. The van der Waals surface area contributed by atoms with Crippen LogP contribution in [0, 0.1) is 0 Å². The molecular weight excluding hydrogens is 339 g/mol. The monoisotopic (exact) mass is 360 g/mol. The van der Waals surface area contributed by atoms with E-state index in [0.717, 1.165) is 11.1 Å². The molecule has 2 aromatic rings. The number of hydrogen-bond acceptors (Lipinski definition) is 4. The molecule has 0 saturated carbocycles. The van der Waals surface area contributed by atoms with Crippen molar-refractivity contribution < 1.29 is 23.5 Å². The van der Waals surface area contributed by atoms with E-state index >= 15 is 0 Å². The summed E-state index contributed by atoms with van der Waals surface area (Å²) in [5, 5.41) is 4.61. The van der Waals surface area contributed by atoms with Crippen molar-refractivity contribution in [2.75, 3.05) is 13.1 Å². The number of benzene rings is 2. The molecule has 2 amide bonds. The van der Waals surface area contributed by atoms with Gasteiger partial charge in [0.25, 0.3) is 0 Å². The van der Waals surface area contributed by atoms with Crippen LogP contribution < -0.4 is 10.6 Å². The molecule has 0 unspecified atom stereocenters. The predicted molar refractivity (Wildman–Crippen MR) is 94.2 cm³/mol. The molecule has 7 heteroatoms. The fourth-order valence-electron chi connectivity index (χ4n) is 2.01. The maximum atomic E-state index is 13.7. The molecule has 0 fully saturated rings. The van der Waals surface area contributed by atoms with Crippen LogP contribution in [0.25, 0.3) is 0 Å². The molecule has 0 spiro atoms. The average Bonchev–Trinajstić information content (AvgIpc) is 2.69. The minimum atomic E-state index is -1.46. The first-order valence-electron chi connectivity index (χ1n) is 8.16. The highest BCUT2D eigenvalue weighted by molar-refractivity contribution is 5.68. The Bertz CT molecular complexity index is 623. The number of alkyl halides is 1. The topological polar surface area (TPSA) is 76.7 Å². The third-order valence-electron chi connectivity index (χ3n) is 3.36. The van der Waals surface area contributed by atoms with E-state index in [2.05, 4.69) is 10.6 Å². The zero-order valence-corrected chi connectivity index (χ0v) is 14.2. The number of nitrogens with one attached hydrogen (secondary N) is 2. The van der Waals surface area contributed by atoms with Gasteiger partial charge in [-0.3, -0.25) is 0 Å². The average molecular weight is 360 g/mol. The summed E-state index contributed by atoms with van der Waals surface area (Å²) in [6, 6.07) is 18.3. The quantitative estimate of drug-likeness (QED) is 0.758. The van der Waals surface area contributed by atoms with Crippen LogP contribution in [0.15, 0.2) is 60.7 Å². The van der Waals surface area contributed by atoms with E-state index in [1.165, 1.54) is 0 Å². The minimum absolute atomic E-state index is 0.105. The normalized spacial score (nSPS) is 10.2. The Morgan fingerprint density at radius 1 is 0.769 bits per heavy atom. The van der Waals surface area contributed by atoms with E-state index in [1.54, 1.807) is 0 Å². The van der Waals surface area contributed by atoms with Crippen LogP contribution in [0.3, 0.4) is 0 Å². The van der Waals surface area contributed by atoms with Gasteiger partial charge in [0.2, 0.25) is 0 Å². The number of carbonyl (C=O) groups excluding carboxylic acids is 2. The van der Waals surface area contributed by atoms with E-state index in [-0.39, 0.29) is 26.3 Å². The maximum absolute atomic E-state index is 13.7. The largest absolute Gasteiger partial charge is 0.445 e. The van der Waals surface area contributed by atoms with Crippen molar-refractivity contribution in [3.8, 4) is 0 Å². The second kappa shape index (κ2) is 10.7. The lowest BCUT2D eigenvalue weighted by Gasteiger charge is -2.12. The van der Waals surface area contributed by atoms with Crippen molar-refractivity contribution in [2.24, 2.45) is 0 Å². The Hall–Kier alpha value is -3.09. The molecule has 0 heterocycles. The Labute approximate surface area is 151 Å². The van der Waals surface area contributed by atoms with Crippen LogP contribution in [0.4, 0.5) is 14.0 Å². The predicted octanol–water partition coefficient (Wildman–Crippen LogP) is 3.18. The summed E-state index contributed by atoms with van der Waals surface area (Å²) in [5.74, 6) is 0. The smallest absolute Gasteiger partial charge is 0.407 e. The fraction of sp³-hybridized carbons (Fsp3) is 0.263. The number of ether oxygens (including phenoxy) is 2. The Kier molecular flexibility index (Phi) is 7.92. The molecule has 138 valence electrons. The van der Waals surface area contributed by atoms with Crippen molar-refractivity contribution in [3.05, 3.63) is 71.8 Å². The molecule has 0 atom stereocenters. The van der Waals surface area contributed by atoms with E-state index in [1.807, 2.05) is 60.7 Å². The number of rotatable bonds is 8. The van der Waals surface area contributed by atoms with Gasteiger partial charge in [-0.15, -0.1) is 0 Å². The van der Waals surface area contributed by atoms with E-state index in [9.17, 15) is 14.0 Å². The van der Waals surface area contributed by atoms with Crippen LogP contribution >= 0.6 is 0 Å². The van der Waals surface area contributed by atoms with Crippen molar-refractivity contribution in [1.82, 2.24) is 10.6 Å². The highest BCUT2D eigenvalue weighted by Gasteiger charge is 2.12. The highest BCUT2D eigenvalue weighted by Crippen LogP contribution is 2.01. The number of carbonyl (C=O) groups is 2. The van der Waals surface area contributed by atoms with E-state index < -0.39 is 18.4 Å². The number of hydrogen-bond donors (Lipinski definition) is 2. The number of halogens is 1. The van der Waals surface area contributed by atoms with Gasteiger partial charge in [0.15, 0.2) is 0 Å². The molecule has 6 nitrogen and oxygen atoms in total. The standard InChI is InChI=1S/C19H21FN2O4/c20-17(11-21-18(23)25-13-15-7-3-1-4-8-15)12-22-19(24)26-14-16-9-5-2-6-10-16/h1-10,17H,11-14H2,(H,21,23)(H,22,24). The Morgan fingerprint density at radius 3 is 1.54 bits per heavy atom. The van der Waals surface area contributed by atoms with E-state index in [0.29, 0.717) is 0 Å². The summed E-state index contributed by atoms with van der Waals surface area (Å²) in [4.78, 5) is 23.0. The van der Waals surface area contributed by atoms with Crippen molar-refractivity contribution >= 4 is 12.2 Å². The minimum Gasteiger partial charge on any atom is -0.445 e. The van der Waals surface area contributed by atoms with Gasteiger partial charge < -0.3 is 20.1 Å². The van der Waals surface area contributed by atoms with Gasteiger partial charge in [0.1, 0.15) is 19.4 Å². The van der Waals surface area contributed by atoms with Crippen LogP contribution in [-0.2, 0) is 22.7 Å². The Balaban J connectivity index is 1.55. The molecule has 0 radical (unpaired) electrons. The zero-order valence-electron chi connectivity index (χ0n) is 14.2. The van der Waals surface area contributed by atoms with Gasteiger partial charge in [0.05, 0.1) is 13.1 Å². The van der Waals surface area contributed by atoms with Crippen LogP contribution in [0.2, 0.25) is 0 Å². The molecule has 0 aliphatic rings. The third-order valence-corrected chi connectivity index (χ3v) is 3.36. The van der Waals surface area contributed by atoms with Crippen LogP contribution in [-0.4, -0.2) is 31.4 Å². The lowest BCUT2D eigenvalue weighted by Crippen LogP contribution is -2.38. The molecule has 0 aliphatic carbocycles. The van der Waals surface area contributed by atoms with Gasteiger partial charge in [-0.05, 0) is 11.1 Å². The highest BCUT2D eigenvalue weighted by atomic mass is 19.1. The zero-order chi connectivity index (χ0) is 18.6. The SMILES string of the molecule is O=C(NCC(F)CNC(=O)OCc1ccccc1)OCc1ccccc1. The molecule has 26 heavy (non-hydrogen) atoms. The van der Waals surface area contributed by atoms with Gasteiger partial charge >= 0.3 is 12.2 Å². The number of alkyl carbamates (subject to hydrolysis) is 2. The van der Waals surface area contributed by atoms with Crippen LogP contribution in [0.1, 0.15) is 11.1 Å².